The Morgan fingerprint density at radius 2 is 1.53 bits per heavy atom. The predicted octanol–water partition coefficient (Wildman–Crippen LogP) is 3.43. The third-order valence-electron chi connectivity index (χ3n) is 4.97. The van der Waals surface area contributed by atoms with E-state index in [0.29, 0.717) is 0 Å². The van der Waals surface area contributed by atoms with E-state index in [2.05, 4.69) is 4.90 Å². The molecule has 112 valence electrons. The molecule has 0 unspecified atom stereocenters. The molecule has 2 aliphatic rings. The van der Waals surface area contributed by atoms with Crippen LogP contribution < -0.4 is 0 Å². The molecule has 19 heavy (non-hydrogen) atoms. The maximum atomic E-state index is 5.62. The van der Waals surface area contributed by atoms with Crippen molar-refractivity contribution in [3.63, 3.8) is 0 Å². The van der Waals surface area contributed by atoms with Crippen LogP contribution in [-0.4, -0.2) is 44.0 Å². The maximum absolute atomic E-state index is 5.62. The average molecular weight is 269 g/mol. The summed E-state index contributed by atoms with van der Waals surface area (Å²) < 4.78 is 11.2. The van der Waals surface area contributed by atoms with Gasteiger partial charge >= 0.3 is 0 Å². The van der Waals surface area contributed by atoms with Crippen molar-refractivity contribution in [2.45, 2.75) is 65.1 Å². The summed E-state index contributed by atoms with van der Waals surface area (Å²) in [7, 11) is 0. The predicted molar refractivity (Wildman–Crippen MR) is 78.2 cm³/mol. The zero-order chi connectivity index (χ0) is 13.6. The van der Waals surface area contributed by atoms with Crippen molar-refractivity contribution in [3.05, 3.63) is 0 Å². The Hall–Kier alpha value is -0.120. The van der Waals surface area contributed by atoms with Crippen LogP contribution in [0.1, 0.15) is 58.8 Å². The summed E-state index contributed by atoms with van der Waals surface area (Å²) in [5.41, 5.74) is 0.732. The Morgan fingerprint density at radius 3 is 2.05 bits per heavy atom. The molecule has 2 rings (SSSR count). The van der Waals surface area contributed by atoms with Gasteiger partial charge in [0, 0.05) is 26.2 Å². The molecule has 1 aliphatic heterocycles. The molecule has 0 aromatic heterocycles. The normalized spacial score (nSPS) is 23.5. The lowest BCUT2D eigenvalue weighted by Crippen LogP contribution is -2.40. The van der Waals surface area contributed by atoms with Crippen LogP contribution in [-0.2, 0) is 9.47 Å². The van der Waals surface area contributed by atoms with Gasteiger partial charge in [0.15, 0.2) is 6.29 Å². The second-order valence-electron chi connectivity index (χ2n) is 6.18. The van der Waals surface area contributed by atoms with Gasteiger partial charge in [0.25, 0.3) is 0 Å². The van der Waals surface area contributed by atoms with Gasteiger partial charge in [-0.05, 0) is 58.0 Å². The number of hydrogen-bond acceptors (Lipinski definition) is 3. The number of piperidine rings is 1. The third kappa shape index (κ3) is 4.44. The highest BCUT2D eigenvalue weighted by Gasteiger charge is 2.36. The van der Waals surface area contributed by atoms with E-state index in [0.717, 1.165) is 31.6 Å². The fraction of sp³-hybridized carbons (Fsp3) is 1.00. The van der Waals surface area contributed by atoms with Crippen molar-refractivity contribution in [2.75, 3.05) is 32.8 Å². The van der Waals surface area contributed by atoms with Crippen molar-refractivity contribution in [1.29, 1.82) is 0 Å². The van der Waals surface area contributed by atoms with E-state index in [9.17, 15) is 0 Å². The molecule has 3 heteroatoms. The molecule has 0 amide bonds. The van der Waals surface area contributed by atoms with Gasteiger partial charge in [0.05, 0.1) is 0 Å². The minimum atomic E-state index is -0.00244. The molecule has 0 aromatic carbocycles. The Kier molecular flexibility index (Phi) is 6.11. The van der Waals surface area contributed by atoms with Gasteiger partial charge in [0.1, 0.15) is 0 Å². The zero-order valence-electron chi connectivity index (χ0n) is 12.8. The number of rotatable bonds is 7. The highest BCUT2D eigenvalue weighted by atomic mass is 16.7. The standard InChI is InChI=1S/C16H31NO2/c1-3-18-15(19-4-2)7-12-17-13-10-16(11-14-17)8-5-6-9-16/h15H,3-14H2,1-2H3. The summed E-state index contributed by atoms with van der Waals surface area (Å²) in [6.07, 6.45) is 9.75. The summed E-state index contributed by atoms with van der Waals surface area (Å²) in [6.45, 7) is 9.26. The van der Waals surface area contributed by atoms with E-state index in [1.807, 2.05) is 13.8 Å². The minimum absolute atomic E-state index is 0.00244. The van der Waals surface area contributed by atoms with Crippen LogP contribution in [0.2, 0.25) is 0 Å². The summed E-state index contributed by atoms with van der Waals surface area (Å²) in [6, 6.07) is 0. The van der Waals surface area contributed by atoms with Crippen molar-refractivity contribution in [3.8, 4) is 0 Å². The quantitative estimate of drug-likeness (QED) is 0.661. The van der Waals surface area contributed by atoms with E-state index < -0.39 is 0 Å². The van der Waals surface area contributed by atoms with Gasteiger partial charge in [-0.25, -0.2) is 0 Å². The van der Waals surface area contributed by atoms with Crippen LogP contribution in [0.3, 0.4) is 0 Å². The van der Waals surface area contributed by atoms with Crippen LogP contribution in [0.4, 0.5) is 0 Å². The minimum Gasteiger partial charge on any atom is -0.353 e. The molecule has 0 bridgehead atoms. The van der Waals surface area contributed by atoms with E-state index in [1.54, 1.807) is 0 Å². The van der Waals surface area contributed by atoms with Crippen LogP contribution in [0.15, 0.2) is 0 Å². The first-order valence-electron chi connectivity index (χ1n) is 8.23. The van der Waals surface area contributed by atoms with Crippen LogP contribution in [0.25, 0.3) is 0 Å². The Labute approximate surface area is 118 Å². The SMILES string of the molecule is CCOC(CCN1CCC2(CCCC2)CC1)OCC. The van der Waals surface area contributed by atoms with Gasteiger partial charge in [-0.15, -0.1) is 0 Å². The van der Waals surface area contributed by atoms with Crippen LogP contribution in [0, 0.1) is 5.41 Å². The molecule has 1 saturated heterocycles. The number of likely N-dealkylation sites (tertiary alicyclic amines) is 1. The van der Waals surface area contributed by atoms with Crippen molar-refractivity contribution in [2.24, 2.45) is 5.41 Å². The van der Waals surface area contributed by atoms with E-state index in [4.69, 9.17) is 9.47 Å². The largest absolute Gasteiger partial charge is 0.353 e. The van der Waals surface area contributed by atoms with Gasteiger partial charge in [-0.2, -0.15) is 0 Å². The molecule has 1 heterocycles. The van der Waals surface area contributed by atoms with Gasteiger partial charge < -0.3 is 14.4 Å². The second-order valence-corrected chi connectivity index (χ2v) is 6.18. The van der Waals surface area contributed by atoms with Crippen LogP contribution >= 0.6 is 0 Å². The number of hydrogen-bond donors (Lipinski definition) is 0. The first kappa shape index (κ1) is 15.3. The Bertz CT molecular complexity index is 235. The Balaban J connectivity index is 1.67. The van der Waals surface area contributed by atoms with Gasteiger partial charge in [0.2, 0.25) is 0 Å². The maximum Gasteiger partial charge on any atom is 0.158 e. The average Bonchev–Trinajstić information content (AvgIpc) is 2.87. The summed E-state index contributed by atoms with van der Waals surface area (Å²) in [5.74, 6) is 0. The monoisotopic (exact) mass is 269 g/mol. The fourth-order valence-electron chi connectivity index (χ4n) is 3.75. The lowest BCUT2D eigenvalue weighted by Gasteiger charge is -2.39. The molecule has 1 spiro atoms. The molecule has 0 aromatic rings. The lowest BCUT2D eigenvalue weighted by molar-refractivity contribution is -0.142. The molecule has 2 fully saturated rings. The third-order valence-corrected chi connectivity index (χ3v) is 4.97. The molecule has 0 N–H and O–H groups in total. The second kappa shape index (κ2) is 7.61. The summed E-state index contributed by atoms with van der Waals surface area (Å²) >= 11 is 0. The van der Waals surface area contributed by atoms with Crippen molar-refractivity contribution >= 4 is 0 Å². The van der Waals surface area contributed by atoms with Crippen LogP contribution in [0.5, 0.6) is 0 Å². The van der Waals surface area contributed by atoms with Crippen molar-refractivity contribution in [1.82, 2.24) is 4.90 Å². The molecule has 0 radical (unpaired) electrons. The van der Waals surface area contributed by atoms with Gasteiger partial charge in [-0.1, -0.05) is 12.8 Å². The van der Waals surface area contributed by atoms with E-state index >= 15 is 0 Å². The molecular formula is C16H31NO2. The first-order valence-corrected chi connectivity index (χ1v) is 8.23. The van der Waals surface area contributed by atoms with Crippen molar-refractivity contribution < 1.29 is 9.47 Å². The Morgan fingerprint density at radius 1 is 0.947 bits per heavy atom. The number of ether oxygens (including phenoxy) is 2. The lowest BCUT2D eigenvalue weighted by atomic mass is 9.77. The molecule has 1 saturated carbocycles. The highest BCUT2D eigenvalue weighted by molar-refractivity contribution is 4.89. The zero-order valence-corrected chi connectivity index (χ0v) is 12.8. The molecule has 0 atom stereocenters. The topological polar surface area (TPSA) is 21.7 Å². The highest BCUT2D eigenvalue weighted by Crippen LogP contribution is 2.46. The van der Waals surface area contributed by atoms with E-state index in [-0.39, 0.29) is 6.29 Å². The van der Waals surface area contributed by atoms with Gasteiger partial charge in [-0.3, -0.25) is 0 Å². The molecule has 3 nitrogen and oxygen atoms in total. The summed E-state index contributed by atoms with van der Waals surface area (Å²) in [4.78, 5) is 2.61. The number of nitrogens with zero attached hydrogens (tertiary/aromatic N) is 1. The fourth-order valence-corrected chi connectivity index (χ4v) is 3.75. The first-order chi connectivity index (χ1) is 9.28. The molecule has 1 aliphatic carbocycles. The summed E-state index contributed by atoms with van der Waals surface area (Å²) in [5, 5.41) is 0. The smallest absolute Gasteiger partial charge is 0.158 e. The van der Waals surface area contributed by atoms with E-state index in [1.165, 1.54) is 51.6 Å². The molecular weight excluding hydrogens is 238 g/mol.